The summed E-state index contributed by atoms with van der Waals surface area (Å²) in [6, 6.07) is 8.49. The number of rotatable bonds is 0. The van der Waals surface area contributed by atoms with Crippen LogP contribution in [-0.4, -0.2) is 18.5 Å². The third-order valence-electron chi connectivity index (χ3n) is 3.29. The molecule has 1 N–H and O–H groups in total. The van der Waals surface area contributed by atoms with Crippen molar-refractivity contribution in [2.24, 2.45) is 0 Å². The standard InChI is InChI=1S/C12H14N2O/c15-12-8-9-4-3-7-14(9)11-6-2-1-5-10(11)13-12/h1-2,5-6,9H,3-4,7-8H2,(H,13,15)/t9-/m1/s1. The van der Waals surface area contributed by atoms with Crippen LogP contribution in [-0.2, 0) is 4.79 Å². The number of nitrogens with one attached hydrogen (secondary N) is 1. The second-order valence-electron chi connectivity index (χ2n) is 4.26. The molecule has 0 unspecified atom stereocenters. The quantitative estimate of drug-likeness (QED) is 0.697. The Labute approximate surface area is 89.1 Å². The Morgan fingerprint density at radius 1 is 1.33 bits per heavy atom. The van der Waals surface area contributed by atoms with Gasteiger partial charge in [-0.25, -0.2) is 0 Å². The van der Waals surface area contributed by atoms with Crippen LogP contribution >= 0.6 is 0 Å². The summed E-state index contributed by atoms with van der Waals surface area (Å²) in [6.45, 7) is 1.08. The molecule has 0 aliphatic carbocycles. The topological polar surface area (TPSA) is 32.3 Å². The second kappa shape index (κ2) is 3.26. The van der Waals surface area contributed by atoms with Gasteiger partial charge in [0.15, 0.2) is 0 Å². The highest BCUT2D eigenvalue weighted by Gasteiger charge is 2.31. The molecule has 3 heteroatoms. The number of anilines is 2. The molecule has 1 aromatic carbocycles. The van der Waals surface area contributed by atoms with Crippen molar-refractivity contribution in [3.63, 3.8) is 0 Å². The minimum absolute atomic E-state index is 0.150. The van der Waals surface area contributed by atoms with Gasteiger partial charge in [-0.3, -0.25) is 4.79 Å². The van der Waals surface area contributed by atoms with Crippen LogP contribution < -0.4 is 10.2 Å². The summed E-state index contributed by atoms with van der Waals surface area (Å²) in [6.07, 6.45) is 2.97. The van der Waals surface area contributed by atoms with E-state index in [9.17, 15) is 4.79 Å². The zero-order valence-electron chi connectivity index (χ0n) is 8.57. The highest BCUT2D eigenvalue weighted by atomic mass is 16.1. The van der Waals surface area contributed by atoms with Gasteiger partial charge in [-0.1, -0.05) is 12.1 Å². The van der Waals surface area contributed by atoms with Crippen LogP contribution in [0.4, 0.5) is 11.4 Å². The first-order chi connectivity index (χ1) is 7.34. The van der Waals surface area contributed by atoms with Crippen LogP contribution in [0.25, 0.3) is 0 Å². The Morgan fingerprint density at radius 3 is 3.13 bits per heavy atom. The third kappa shape index (κ3) is 1.39. The lowest BCUT2D eigenvalue weighted by atomic mass is 10.1. The van der Waals surface area contributed by atoms with E-state index in [1.54, 1.807) is 0 Å². The Hall–Kier alpha value is -1.51. The number of hydrogen-bond donors (Lipinski definition) is 1. The van der Waals surface area contributed by atoms with Gasteiger partial charge in [-0.05, 0) is 25.0 Å². The van der Waals surface area contributed by atoms with E-state index < -0.39 is 0 Å². The normalized spacial score (nSPS) is 24.1. The van der Waals surface area contributed by atoms with Crippen molar-refractivity contribution in [2.75, 3.05) is 16.8 Å². The van der Waals surface area contributed by atoms with E-state index in [1.807, 2.05) is 18.2 Å². The molecule has 0 bridgehead atoms. The predicted molar refractivity (Wildman–Crippen MR) is 60.1 cm³/mol. The molecule has 78 valence electrons. The van der Waals surface area contributed by atoms with Gasteiger partial charge in [0.1, 0.15) is 0 Å². The summed E-state index contributed by atoms with van der Waals surface area (Å²) >= 11 is 0. The highest BCUT2D eigenvalue weighted by molar-refractivity contribution is 5.96. The van der Waals surface area contributed by atoms with Crippen LogP contribution in [0.15, 0.2) is 24.3 Å². The number of carbonyl (C=O) groups excluding carboxylic acids is 1. The first-order valence-corrected chi connectivity index (χ1v) is 5.50. The fourth-order valence-corrected chi connectivity index (χ4v) is 2.61. The lowest BCUT2D eigenvalue weighted by molar-refractivity contribution is -0.116. The Kier molecular flexibility index (Phi) is 1.91. The zero-order chi connectivity index (χ0) is 10.3. The van der Waals surface area contributed by atoms with Gasteiger partial charge in [0.2, 0.25) is 5.91 Å². The van der Waals surface area contributed by atoms with Gasteiger partial charge in [0.05, 0.1) is 11.4 Å². The summed E-state index contributed by atoms with van der Waals surface area (Å²) in [5.74, 6) is 0.150. The van der Waals surface area contributed by atoms with Crippen molar-refractivity contribution >= 4 is 17.3 Å². The van der Waals surface area contributed by atoms with Crippen LogP contribution in [0.2, 0.25) is 0 Å². The van der Waals surface area contributed by atoms with Gasteiger partial charge >= 0.3 is 0 Å². The average molecular weight is 202 g/mol. The van der Waals surface area contributed by atoms with E-state index >= 15 is 0 Å². The minimum atomic E-state index is 0.150. The van der Waals surface area contributed by atoms with Gasteiger partial charge < -0.3 is 10.2 Å². The van der Waals surface area contributed by atoms with Crippen molar-refractivity contribution in [3.8, 4) is 0 Å². The summed E-state index contributed by atoms with van der Waals surface area (Å²) in [5, 5.41) is 2.97. The van der Waals surface area contributed by atoms with Crippen molar-refractivity contribution in [3.05, 3.63) is 24.3 Å². The molecule has 2 aliphatic rings. The lowest BCUT2D eigenvalue weighted by Gasteiger charge is -2.24. The number of fused-ring (bicyclic) bond motifs is 3. The number of carbonyl (C=O) groups is 1. The first kappa shape index (κ1) is 8.77. The fraction of sp³-hybridized carbons (Fsp3) is 0.417. The SMILES string of the molecule is O=C1C[C@H]2CCCN2c2ccccc2N1. The number of para-hydroxylation sites is 2. The molecule has 0 aromatic heterocycles. The Balaban J connectivity index is 2.08. The van der Waals surface area contributed by atoms with E-state index in [4.69, 9.17) is 0 Å². The third-order valence-corrected chi connectivity index (χ3v) is 3.29. The molecule has 1 saturated heterocycles. The van der Waals surface area contributed by atoms with E-state index in [0.29, 0.717) is 12.5 Å². The Bertz CT molecular complexity index is 402. The molecule has 0 spiro atoms. The molecule has 3 rings (SSSR count). The number of nitrogens with zero attached hydrogens (tertiary/aromatic N) is 1. The first-order valence-electron chi connectivity index (χ1n) is 5.50. The monoisotopic (exact) mass is 202 g/mol. The maximum absolute atomic E-state index is 11.7. The molecule has 1 aromatic rings. The molecule has 2 aliphatic heterocycles. The van der Waals surface area contributed by atoms with Crippen LogP contribution in [0, 0.1) is 0 Å². The molecule has 0 saturated carbocycles. The van der Waals surface area contributed by atoms with E-state index in [-0.39, 0.29) is 5.91 Å². The van der Waals surface area contributed by atoms with Crippen LogP contribution in [0.5, 0.6) is 0 Å². The summed E-state index contributed by atoms with van der Waals surface area (Å²) in [7, 11) is 0. The predicted octanol–water partition coefficient (Wildman–Crippen LogP) is 2.00. The zero-order valence-corrected chi connectivity index (χ0v) is 8.57. The number of amides is 1. The number of benzene rings is 1. The Morgan fingerprint density at radius 2 is 2.20 bits per heavy atom. The highest BCUT2D eigenvalue weighted by Crippen LogP contribution is 2.35. The molecule has 0 radical (unpaired) electrons. The molecular formula is C12H14N2O. The summed E-state index contributed by atoms with van der Waals surface area (Å²) < 4.78 is 0. The van der Waals surface area contributed by atoms with Gasteiger partial charge in [0, 0.05) is 19.0 Å². The molecular weight excluding hydrogens is 188 g/mol. The van der Waals surface area contributed by atoms with E-state index in [2.05, 4.69) is 16.3 Å². The molecule has 15 heavy (non-hydrogen) atoms. The second-order valence-corrected chi connectivity index (χ2v) is 4.26. The van der Waals surface area contributed by atoms with Crippen molar-refractivity contribution < 1.29 is 4.79 Å². The lowest BCUT2D eigenvalue weighted by Crippen LogP contribution is -2.29. The summed E-state index contributed by atoms with van der Waals surface area (Å²) in [5.41, 5.74) is 2.15. The molecule has 1 fully saturated rings. The fourth-order valence-electron chi connectivity index (χ4n) is 2.61. The van der Waals surface area contributed by atoms with E-state index in [0.717, 1.165) is 18.7 Å². The van der Waals surface area contributed by atoms with Crippen molar-refractivity contribution in [1.82, 2.24) is 0 Å². The molecule has 1 amide bonds. The van der Waals surface area contributed by atoms with Crippen LogP contribution in [0.3, 0.4) is 0 Å². The molecule has 3 nitrogen and oxygen atoms in total. The van der Waals surface area contributed by atoms with Gasteiger partial charge in [-0.2, -0.15) is 0 Å². The van der Waals surface area contributed by atoms with Gasteiger partial charge in [-0.15, -0.1) is 0 Å². The maximum atomic E-state index is 11.7. The number of hydrogen-bond acceptors (Lipinski definition) is 2. The largest absolute Gasteiger partial charge is 0.366 e. The van der Waals surface area contributed by atoms with Crippen LogP contribution in [0.1, 0.15) is 19.3 Å². The van der Waals surface area contributed by atoms with E-state index in [1.165, 1.54) is 12.1 Å². The molecule has 1 atom stereocenters. The van der Waals surface area contributed by atoms with Gasteiger partial charge in [0.25, 0.3) is 0 Å². The molecule has 2 heterocycles. The maximum Gasteiger partial charge on any atom is 0.226 e. The van der Waals surface area contributed by atoms with Crippen molar-refractivity contribution in [1.29, 1.82) is 0 Å². The smallest absolute Gasteiger partial charge is 0.226 e. The average Bonchev–Trinajstić information content (AvgIpc) is 2.62. The van der Waals surface area contributed by atoms with Crippen molar-refractivity contribution in [2.45, 2.75) is 25.3 Å². The minimum Gasteiger partial charge on any atom is -0.366 e. The summed E-state index contributed by atoms with van der Waals surface area (Å²) in [4.78, 5) is 14.0.